The molecule has 1 aliphatic carbocycles. The van der Waals surface area contributed by atoms with E-state index in [0.717, 1.165) is 12.0 Å². The van der Waals surface area contributed by atoms with E-state index in [2.05, 4.69) is 29.4 Å². The molecular formula is C27H36N3O. The Morgan fingerprint density at radius 1 is 1.00 bits per heavy atom. The average Bonchev–Trinajstić information content (AvgIpc) is 2.83. The lowest BCUT2D eigenvalue weighted by Gasteiger charge is -2.21. The normalized spacial score (nSPS) is 14.3. The molecule has 1 heterocycles. The third kappa shape index (κ3) is 7.65. The minimum Gasteiger partial charge on any atom is -0.492 e. The van der Waals surface area contributed by atoms with Crippen molar-refractivity contribution in [3.05, 3.63) is 48.1 Å². The summed E-state index contributed by atoms with van der Waals surface area (Å²) >= 11 is 0. The summed E-state index contributed by atoms with van der Waals surface area (Å²) in [5.74, 6) is 1.91. The summed E-state index contributed by atoms with van der Waals surface area (Å²) in [7, 11) is 0. The Kier molecular flexibility index (Phi) is 9.83. The maximum absolute atomic E-state index is 9.58. The van der Waals surface area contributed by atoms with Gasteiger partial charge in [-0.1, -0.05) is 45.4 Å². The third-order valence-corrected chi connectivity index (χ3v) is 6.17. The van der Waals surface area contributed by atoms with Gasteiger partial charge in [0.2, 0.25) is 0 Å². The Balaban J connectivity index is 1.50. The fourth-order valence-corrected chi connectivity index (χ4v) is 4.17. The quantitative estimate of drug-likeness (QED) is 0.345. The van der Waals surface area contributed by atoms with Crippen LogP contribution in [0.1, 0.15) is 88.7 Å². The molecule has 0 atom stereocenters. The summed E-state index contributed by atoms with van der Waals surface area (Å²) in [6, 6.07) is 7.96. The van der Waals surface area contributed by atoms with Crippen LogP contribution in [-0.2, 0) is 6.42 Å². The van der Waals surface area contributed by atoms with E-state index >= 15 is 0 Å². The van der Waals surface area contributed by atoms with Crippen molar-refractivity contribution in [3.8, 4) is 23.2 Å². The highest BCUT2D eigenvalue weighted by atomic mass is 16.5. The zero-order valence-corrected chi connectivity index (χ0v) is 19.0. The van der Waals surface area contributed by atoms with Gasteiger partial charge in [-0.05, 0) is 74.6 Å². The van der Waals surface area contributed by atoms with E-state index < -0.39 is 0 Å². The highest BCUT2D eigenvalue weighted by molar-refractivity contribution is 5.61. The monoisotopic (exact) mass is 418 g/mol. The minimum atomic E-state index is 0.552. The maximum atomic E-state index is 9.58. The Morgan fingerprint density at radius 3 is 2.42 bits per heavy atom. The van der Waals surface area contributed by atoms with Crippen molar-refractivity contribution in [1.82, 2.24) is 9.97 Å². The molecule has 2 aromatic rings. The van der Waals surface area contributed by atoms with E-state index in [0.29, 0.717) is 29.7 Å². The fraction of sp³-hybridized carbons (Fsp3) is 0.556. The first-order chi connectivity index (χ1) is 15.3. The van der Waals surface area contributed by atoms with Gasteiger partial charge in [0.25, 0.3) is 0 Å². The van der Waals surface area contributed by atoms with E-state index in [1.165, 1.54) is 76.2 Å². The number of benzene rings is 1. The van der Waals surface area contributed by atoms with Gasteiger partial charge in [-0.15, -0.1) is 0 Å². The van der Waals surface area contributed by atoms with E-state index in [-0.39, 0.29) is 0 Å². The van der Waals surface area contributed by atoms with Crippen LogP contribution in [0.3, 0.4) is 0 Å². The predicted molar refractivity (Wildman–Crippen MR) is 126 cm³/mol. The number of aryl methyl sites for hydroxylation is 1. The second-order valence-corrected chi connectivity index (χ2v) is 8.73. The van der Waals surface area contributed by atoms with Crippen LogP contribution in [0.2, 0.25) is 0 Å². The number of nitrogens with zero attached hydrogens (tertiary/aromatic N) is 3. The Morgan fingerprint density at radius 2 is 1.71 bits per heavy atom. The minimum absolute atomic E-state index is 0.552. The Bertz CT molecular complexity index is 819. The van der Waals surface area contributed by atoms with Crippen molar-refractivity contribution in [3.63, 3.8) is 0 Å². The molecule has 1 aromatic heterocycles. The van der Waals surface area contributed by atoms with Gasteiger partial charge in [-0.25, -0.2) is 9.97 Å². The molecule has 0 spiro atoms. The smallest absolute Gasteiger partial charge is 0.159 e. The van der Waals surface area contributed by atoms with Crippen LogP contribution in [0.25, 0.3) is 11.4 Å². The highest BCUT2D eigenvalue weighted by Gasteiger charge is 2.15. The molecule has 0 amide bonds. The van der Waals surface area contributed by atoms with Crippen molar-refractivity contribution < 1.29 is 4.74 Å². The van der Waals surface area contributed by atoms with Crippen LogP contribution < -0.4 is 4.74 Å². The summed E-state index contributed by atoms with van der Waals surface area (Å²) in [6.45, 7) is 2.94. The molecule has 1 saturated carbocycles. The fourth-order valence-electron chi connectivity index (χ4n) is 4.17. The highest BCUT2D eigenvalue weighted by Crippen LogP contribution is 2.27. The van der Waals surface area contributed by atoms with Gasteiger partial charge in [0.05, 0.1) is 12.2 Å². The van der Waals surface area contributed by atoms with Gasteiger partial charge in [0.1, 0.15) is 11.8 Å². The van der Waals surface area contributed by atoms with Gasteiger partial charge in [0, 0.05) is 18.0 Å². The largest absolute Gasteiger partial charge is 0.492 e. The number of rotatable bonds is 12. The van der Waals surface area contributed by atoms with E-state index in [9.17, 15) is 5.26 Å². The van der Waals surface area contributed by atoms with Crippen molar-refractivity contribution in [2.45, 2.75) is 84.0 Å². The summed E-state index contributed by atoms with van der Waals surface area (Å²) in [5, 5.41) is 9.58. The standard InChI is InChI=1S/C27H36N3O/c1-2-3-4-5-6-7-9-14-23-19-29-27(30-20-23)24-15-16-26(25(17-24)18-28)31-21-22-12-10-8-11-13-22/h8,15-17,19-20,22H,2-7,9-14,21H2,1H3. The maximum Gasteiger partial charge on any atom is 0.159 e. The number of nitriles is 1. The van der Waals surface area contributed by atoms with Crippen molar-refractivity contribution in [2.75, 3.05) is 6.61 Å². The zero-order chi connectivity index (χ0) is 21.7. The second kappa shape index (κ2) is 13.1. The molecule has 1 fully saturated rings. The molecule has 0 aliphatic heterocycles. The molecule has 165 valence electrons. The van der Waals surface area contributed by atoms with Gasteiger partial charge in [-0.3, -0.25) is 0 Å². The first-order valence-electron chi connectivity index (χ1n) is 12.1. The SMILES string of the molecule is CCCCCCCCCc1cnc(-c2ccc(OCC3CC[CH]CC3)c(C#N)c2)nc1. The molecule has 1 aliphatic rings. The number of unbranched alkanes of at least 4 members (excludes halogenated alkanes) is 6. The number of hydrogen-bond acceptors (Lipinski definition) is 4. The lowest BCUT2D eigenvalue weighted by atomic mass is 9.90. The Hall–Kier alpha value is -2.41. The third-order valence-electron chi connectivity index (χ3n) is 6.17. The molecule has 0 bridgehead atoms. The van der Waals surface area contributed by atoms with Crippen molar-refractivity contribution in [1.29, 1.82) is 5.26 Å². The van der Waals surface area contributed by atoms with Crippen LogP contribution >= 0.6 is 0 Å². The van der Waals surface area contributed by atoms with Gasteiger partial charge < -0.3 is 4.74 Å². The van der Waals surface area contributed by atoms with Crippen LogP contribution in [0.15, 0.2) is 30.6 Å². The summed E-state index contributed by atoms with van der Waals surface area (Å²) in [4.78, 5) is 9.10. The predicted octanol–water partition coefficient (Wildman–Crippen LogP) is 7.08. The molecule has 3 rings (SSSR count). The van der Waals surface area contributed by atoms with Crippen LogP contribution in [0.5, 0.6) is 5.75 Å². The molecule has 0 unspecified atom stereocenters. The molecule has 1 aromatic carbocycles. The van der Waals surface area contributed by atoms with Crippen LogP contribution in [-0.4, -0.2) is 16.6 Å². The molecule has 0 saturated heterocycles. The van der Waals surface area contributed by atoms with Gasteiger partial charge in [0.15, 0.2) is 5.82 Å². The number of hydrogen-bond donors (Lipinski definition) is 0. The molecule has 31 heavy (non-hydrogen) atoms. The van der Waals surface area contributed by atoms with Crippen LogP contribution in [0.4, 0.5) is 0 Å². The van der Waals surface area contributed by atoms with Crippen molar-refractivity contribution in [2.24, 2.45) is 5.92 Å². The number of ether oxygens (including phenoxy) is 1. The topological polar surface area (TPSA) is 58.8 Å². The molecule has 1 radical (unpaired) electrons. The second-order valence-electron chi connectivity index (χ2n) is 8.73. The van der Waals surface area contributed by atoms with Gasteiger partial charge in [-0.2, -0.15) is 5.26 Å². The average molecular weight is 419 g/mol. The van der Waals surface area contributed by atoms with E-state index in [1.807, 2.05) is 30.6 Å². The molecule has 4 heteroatoms. The summed E-state index contributed by atoms with van der Waals surface area (Å²) in [5.41, 5.74) is 2.59. The first kappa shape index (κ1) is 23.3. The number of aromatic nitrogens is 2. The lowest BCUT2D eigenvalue weighted by molar-refractivity contribution is 0.220. The van der Waals surface area contributed by atoms with Crippen molar-refractivity contribution >= 4 is 0 Å². The Labute approximate surface area is 188 Å². The summed E-state index contributed by atoms with van der Waals surface area (Å²) < 4.78 is 5.99. The lowest BCUT2D eigenvalue weighted by Crippen LogP contribution is -2.15. The zero-order valence-electron chi connectivity index (χ0n) is 19.0. The molecule has 0 N–H and O–H groups in total. The van der Waals surface area contributed by atoms with E-state index in [1.54, 1.807) is 0 Å². The molecular weight excluding hydrogens is 382 g/mol. The van der Waals surface area contributed by atoms with Gasteiger partial charge >= 0.3 is 0 Å². The molecule has 4 nitrogen and oxygen atoms in total. The first-order valence-corrected chi connectivity index (χ1v) is 12.1. The van der Waals surface area contributed by atoms with Crippen LogP contribution in [0, 0.1) is 23.7 Å². The summed E-state index contributed by atoms with van der Waals surface area (Å²) in [6.07, 6.45) is 21.1. The van der Waals surface area contributed by atoms with E-state index in [4.69, 9.17) is 4.74 Å².